The summed E-state index contributed by atoms with van der Waals surface area (Å²) < 4.78 is 42.3. The predicted molar refractivity (Wildman–Crippen MR) is 51.8 cm³/mol. The van der Waals surface area contributed by atoms with Crippen molar-refractivity contribution in [1.29, 1.82) is 0 Å². The average Bonchev–Trinajstić information content (AvgIpc) is 2.25. The van der Waals surface area contributed by atoms with Gasteiger partial charge in [0.05, 0.1) is 19.6 Å². The Morgan fingerprint density at radius 1 is 1.38 bits per heavy atom. The number of nitrogens with one attached hydrogen (secondary N) is 1. The third kappa shape index (κ3) is 3.66. The van der Waals surface area contributed by atoms with E-state index < -0.39 is 24.1 Å². The van der Waals surface area contributed by atoms with Crippen LogP contribution in [0.4, 0.5) is 13.2 Å². The molecule has 0 aromatic rings. The maximum Gasteiger partial charge on any atom is 0.393 e. The van der Waals surface area contributed by atoms with Gasteiger partial charge in [0, 0.05) is 6.04 Å². The molecule has 1 saturated carbocycles. The molecule has 1 N–H and O–H groups in total. The van der Waals surface area contributed by atoms with Gasteiger partial charge in [-0.25, -0.2) is 0 Å². The van der Waals surface area contributed by atoms with Gasteiger partial charge in [0.2, 0.25) is 0 Å². The van der Waals surface area contributed by atoms with E-state index in [2.05, 4.69) is 10.1 Å². The molecule has 0 amide bonds. The summed E-state index contributed by atoms with van der Waals surface area (Å²) >= 11 is 0. The Balaban J connectivity index is 2.51. The van der Waals surface area contributed by atoms with E-state index in [0.29, 0.717) is 12.8 Å². The van der Waals surface area contributed by atoms with Crippen molar-refractivity contribution in [2.45, 2.75) is 37.9 Å². The van der Waals surface area contributed by atoms with Crippen molar-refractivity contribution in [2.24, 2.45) is 5.92 Å². The van der Waals surface area contributed by atoms with E-state index in [0.717, 1.165) is 6.42 Å². The molecule has 2 atom stereocenters. The van der Waals surface area contributed by atoms with Crippen molar-refractivity contribution in [2.75, 3.05) is 13.7 Å². The van der Waals surface area contributed by atoms with E-state index in [1.807, 2.05) is 0 Å². The van der Waals surface area contributed by atoms with Crippen molar-refractivity contribution in [1.82, 2.24) is 5.32 Å². The smallest absolute Gasteiger partial charge is 0.393 e. The third-order valence-corrected chi connectivity index (χ3v) is 2.92. The van der Waals surface area contributed by atoms with Gasteiger partial charge in [-0.1, -0.05) is 12.8 Å². The molecule has 1 fully saturated rings. The highest BCUT2D eigenvalue weighted by Gasteiger charge is 2.45. The van der Waals surface area contributed by atoms with Gasteiger partial charge in [0.1, 0.15) is 0 Å². The lowest BCUT2D eigenvalue weighted by molar-refractivity contribution is -0.189. The predicted octanol–water partition coefficient (Wildman–Crippen LogP) is 1.87. The minimum Gasteiger partial charge on any atom is -0.468 e. The minimum absolute atomic E-state index is 0.141. The van der Waals surface area contributed by atoms with E-state index in [1.54, 1.807) is 0 Å². The van der Waals surface area contributed by atoms with Gasteiger partial charge in [-0.2, -0.15) is 13.2 Å². The number of hydrogen-bond donors (Lipinski definition) is 1. The van der Waals surface area contributed by atoms with Gasteiger partial charge in [-0.05, 0) is 12.8 Å². The zero-order valence-corrected chi connectivity index (χ0v) is 9.14. The molecule has 94 valence electrons. The molecule has 3 nitrogen and oxygen atoms in total. The summed E-state index contributed by atoms with van der Waals surface area (Å²) in [6.45, 7) is -0.159. The van der Waals surface area contributed by atoms with Crippen LogP contribution in [0.1, 0.15) is 25.7 Å². The molecule has 0 aliphatic heterocycles. The molecule has 6 heteroatoms. The molecule has 16 heavy (non-hydrogen) atoms. The summed E-state index contributed by atoms with van der Waals surface area (Å²) in [5.74, 6) is -1.88. The van der Waals surface area contributed by atoms with E-state index in [9.17, 15) is 18.0 Å². The molecular formula is C10H16F3NO2. The third-order valence-electron chi connectivity index (χ3n) is 2.92. The Morgan fingerprint density at radius 2 is 2.00 bits per heavy atom. The highest BCUT2D eigenvalue weighted by Crippen LogP contribution is 2.37. The van der Waals surface area contributed by atoms with Crippen LogP contribution in [0.15, 0.2) is 0 Å². The fourth-order valence-electron chi connectivity index (χ4n) is 2.05. The molecule has 1 rings (SSSR count). The maximum atomic E-state index is 12.6. The Labute approximate surface area is 92.3 Å². The summed E-state index contributed by atoms with van der Waals surface area (Å²) in [4.78, 5) is 10.8. The fourth-order valence-corrected chi connectivity index (χ4v) is 2.05. The lowest BCUT2D eigenvalue weighted by atomic mass is 9.84. The summed E-state index contributed by atoms with van der Waals surface area (Å²) in [6.07, 6.45) is -2.22. The highest BCUT2D eigenvalue weighted by molar-refractivity contribution is 5.71. The second-order valence-electron chi connectivity index (χ2n) is 4.00. The molecule has 1 aliphatic rings. The van der Waals surface area contributed by atoms with Crippen LogP contribution in [0.5, 0.6) is 0 Å². The Morgan fingerprint density at radius 3 is 2.56 bits per heavy atom. The SMILES string of the molecule is COC(=O)CNC1CCCCC1C(F)(F)F. The van der Waals surface area contributed by atoms with Gasteiger partial charge >= 0.3 is 12.1 Å². The standard InChI is InChI=1S/C10H16F3NO2/c1-16-9(15)6-14-8-5-3-2-4-7(8)10(11,12)13/h7-8,14H,2-6H2,1H3. The van der Waals surface area contributed by atoms with Crippen LogP contribution in [0.2, 0.25) is 0 Å². The average molecular weight is 239 g/mol. The van der Waals surface area contributed by atoms with Gasteiger partial charge in [-0.15, -0.1) is 0 Å². The van der Waals surface area contributed by atoms with Crippen molar-refractivity contribution in [3.8, 4) is 0 Å². The topological polar surface area (TPSA) is 38.3 Å². The van der Waals surface area contributed by atoms with Crippen LogP contribution in [-0.2, 0) is 9.53 Å². The molecule has 0 saturated heterocycles. The molecular weight excluding hydrogens is 223 g/mol. The van der Waals surface area contributed by atoms with Crippen LogP contribution in [-0.4, -0.2) is 31.8 Å². The van der Waals surface area contributed by atoms with Crippen molar-refractivity contribution in [3.63, 3.8) is 0 Å². The van der Waals surface area contributed by atoms with E-state index in [-0.39, 0.29) is 13.0 Å². The minimum atomic E-state index is -4.19. The van der Waals surface area contributed by atoms with Gasteiger partial charge in [0.25, 0.3) is 0 Å². The normalized spacial score (nSPS) is 26.5. The van der Waals surface area contributed by atoms with Gasteiger partial charge in [-0.3, -0.25) is 4.79 Å². The van der Waals surface area contributed by atoms with Crippen LogP contribution < -0.4 is 5.32 Å². The number of rotatable bonds is 3. The zero-order valence-electron chi connectivity index (χ0n) is 9.14. The Hall–Kier alpha value is -0.780. The van der Waals surface area contributed by atoms with E-state index in [4.69, 9.17) is 0 Å². The molecule has 1 aliphatic carbocycles. The molecule has 0 aromatic carbocycles. The lowest BCUT2D eigenvalue weighted by Gasteiger charge is -2.33. The van der Waals surface area contributed by atoms with Crippen LogP contribution in [0.25, 0.3) is 0 Å². The first-order valence-electron chi connectivity index (χ1n) is 5.32. The summed E-state index contributed by atoms with van der Waals surface area (Å²) in [5.41, 5.74) is 0. The molecule has 0 aromatic heterocycles. The van der Waals surface area contributed by atoms with Crippen LogP contribution >= 0.6 is 0 Å². The molecule has 0 spiro atoms. The number of hydrogen-bond acceptors (Lipinski definition) is 3. The van der Waals surface area contributed by atoms with Crippen molar-refractivity contribution in [3.05, 3.63) is 0 Å². The molecule has 0 radical (unpaired) electrons. The summed E-state index contributed by atoms with van der Waals surface area (Å²) in [6, 6.07) is -0.659. The summed E-state index contributed by atoms with van der Waals surface area (Å²) in [7, 11) is 1.21. The molecule has 0 bridgehead atoms. The highest BCUT2D eigenvalue weighted by atomic mass is 19.4. The second kappa shape index (κ2) is 5.52. The zero-order chi connectivity index (χ0) is 12.2. The first-order valence-corrected chi connectivity index (χ1v) is 5.32. The monoisotopic (exact) mass is 239 g/mol. The van der Waals surface area contributed by atoms with Crippen molar-refractivity contribution < 1.29 is 22.7 Å². The largest absolute Gasteiger partial charge is 0.468 e. The summed E-state index contributed by atoms with van der Waals surface area (Å²) in [5, 5.41) is 2.63. The Kier molecular flexibility index (Phi) is 4.58. The second-order valence-corrected chi connectivity index (χ2v) is 4.00. The van der Waals surface area contributed by atoms with Crippen LogP contribution in [0.3, 0.4) is 0 Å². The lowest BCUT2D eigenvalue weighted by Crippen LogP contribution is -2.47. The number of methoxy groups -OCH3 is 1. The number of ether oxygens (including phenoxy) is 1. The quantitative estimate of drug-likeness (QED) is 0.764. The van der Waals surface area contributed by atoms with Gasteiger partial charge in [0.15, 0.2) is 0 Å². The first kappa shape index (κ1) is 13.3. The Bertz CT molecular complexity index is 243. The van der Waals surface area contributed by atoms with E-state index in [1.165, 1.54) is 7.11 Å². The molecule has 0 heterocycles. The number of carbonyl (C=O) groups is 1. The fraction of sp³-hybridized carbons (Fsp3) is 0.900. The number of carbonyl (C=O) groups excluding carboxylic acids is 1. The van der Waals surface area contributed by atoms with Crippen molar-refractivity contribution >= 4 is 5.97 Å². The number of alkyl halides is 3. The van der Waals surface area contributed by atoms with E-state index >= 15 is 0 Å². The van der Waals surface area contributed by atoms with Crippen LogP contribution in [0, 0.1) is 5.92 Å². The van der Waals surface area contributed by atoms with Gasteiger partial charge < -0.3 is 10.1 Å². The number of esters is 1. The number of halogens is 3. The molecule has 2 unspecified atom stereocenters. The maximum absolute atomic E-state index is 12.6. The first-order chi connectivity index (χ1) is 7.45.